The first-order valence-corrected chi connectivity index (χ1v) is 13.2. The van der Waals surface area contributed by atoms with Crippen molar-refractivity contribution in [2.75, 3.05) is 40.3 Å². The van der Waals surface area contributed by atoms with Crippen molar-refractivity contribution in [2.24, 2.45) is 0 Å². The number of rotatable bonds is 11. The zero-order valence-corrected chi connectivity index (χ0v) is 24.5. The maximum Gasteiger partial charge on any atom is 0.261 e. The minimum atomic E-state index is -0.459. The fourth-order valence-electron chi connectivity index (χ4n) is 4.10. The van der Waals surface area contributed by atoms with Crippen LogP contribution in [0.5, 0.6) is 23.0 Å². The summed E-state index contributed by atoms with van der Waals surface area (Å²) in [5.41, 5.74) is 3.05. The number of amides is 1. The Morgan fingerprint density at radius 1 is 0.927 bits per heavy atom. The largest absolute Gasteiger partial charge is 0.493 e. The number of carbonyl (C=O) groups excluding carboxylic acids is 1. The van der Waals surface area contributed by atoms with Crippen LogP contribution in [0.15, 0.2) is 64.9 Å². The van der Waals surface area contributed by atoms with E-state index in [-0.39, 0.29) is 5.57 Å². The number of nitriles is 1. The molecular formula is C30H28BrN5O5. The third-order valence-corrected chi connectivity index (χ3v) is 6.90. The molecule has 2 N–H and O–H groups in total. The van der Waals surface area contributed by atoms with Crippen molar-refractivity contribution in [3.8, 4) is 29.1 Å². The number of hydrogen-bond donors (Lipinski definition) is 2. The Balaban J connectivity index is 1.46. The summed E-state index contributed by atoms with van der Waals surface area (Å²) in [5, 5.41) is 16.5. The molecule has 0 atom stereocenters. The maximum absolute atomic E-state index is 12.7. The molecule has 0 aliphatic rings. The SMILES string of the molecule is COc1ccc(CCNC(=O)/C(C#N)=C/c2ccc(Nc3ncnc4cc(OC)c(OC)cc34)cc2Br)cc1OC. The summed E-state index contributed by atoms with van der Waals surface area (Å²) in [7, 11) is 6.28. The van der Waals surface area contributed by atoms with Crippen LogP contribution in [0.2, 0.25) is 0 Å². The third kappa shape index (κ3) is 6.85. The second-order valence-corrected chi connectivity index (χ2v) is 9.53. The van der Waals surface area contributed by atoms with E-state index in [0.717, 1.165) is 16.6 Å². The van der Waals surface area contributed by atoms with Gasteiger partial charge in [0.15, 0.2) is 23.0 Å². The first-order valence-electron chi connectivity index (χ1n) is 12.4. The number of nitrogens with one attached hydrogen (secondary N) is 2. The number of methoxy groups -OCH3 is 4. The monoisotopic (exact) mass is 617 g/mol. The molecule has 0 fully saturated rings. The fraction of sp³-hybridized carbons (Fsp3) is 0.200. The highest BCUT2D eigenvalue weighted by Gasteiger charge is 2.13. The number of nitrogens with zero attached hydrogens (tertiary/aromatic N) is 3. The molecule has 0 radical (unpaired) electrons. The minimum absolute atomic E-state index is 0.0124. The van der Waals surface area contributed by atoms with Crippen LogP contribution >= 0.6 is 15.9 Å². The highest BCUT2D eigenvalue weighted by Crippen LogP contribution is 2.35. The number of anilines is 2. The second kappa shape index (κ2) is 13.5. The quantitative estimate of drug-likeness (QED) is 0.167. The first-order chi connectivity index (χ1) is 19.9. The molecule has 11 heteroatoms. The molecule has 3 aromatic carbocycles. The van der Waals surface area contributed by atoms with E-state index in [2.05, 4.69) is 36.5 Å². The van der Waals surface area contributed by atoms with E-state index in [9.17, 15) is 10.1 Å². The molecule has 10 nitrogen and oxygen atoms in total. The average molecular weight is 618 g/mol. The van der Waals surface area contributed by atoms with Crippen molar-refractivity contribution >= 4 is 50.3 Å². The third-order valence-electron chi connectivity index (χ3n) is 6.22. The number of hydrogen-bond acceptors (Lipinski definition) is 9. The number of fused-ring (bicyclic) bond motifs is 1. The summed E-state index contributed by atoms with van der Waals surface area (Å²) in [6, 6.07) is 16.6. The number of aromatic nitrogens is 2. The molecule has 0 aliphatic heterocycles. The lowest BCUT2D eigenvalue weighted by molar-refractivity contribution is -0.117. The Labute approximate surface area is 246 Å². The van der Waals surface area contributed by atoms with Crippen LogP contribution in [0, 0.1) is 11.3 Å². The zero-order chi connectivity index (χ0) is 29.4. The highest BCUT2D eigenvalue weighted by atomic mass is 79.9. The number of benzene rings is 3. The van der Waals surface area contributed by atoms with Gasteiger partial charge in [-0.25, -0.2) is 9.97 Å². The lowest BCUT2D eigenvalue weighted by Crippen LogP contribution is -2.26. The van der Waals surface area contributed by atoms with Crippen molar-refractivity contribution in [1.82, 2.24) is 15.3 Å². The smallest absolute Gasteiger partial charge is 0.261 e. The molecule has 0 bridgehead atoms. The molecule has 41 heavy (non-hydrogen) atoms. The Hall–Kier alpha value is -4.82. The van der Waals surface area contributed by atoms with Crippen molar-refractivity contribution in [2.45, 2.75) is 6.42 Å². The van der Waals surface area contributed by atoms with E-state index in [4.69, 9.17) is 18.9 Å². The molecule has 4 rings (SSSR count). The van der Waals surface area contributed by atoms with E-state index >= 15 is 0 Å². The summed E-state index contributed by atoms with van der Waals surface area (Å²) < 4.78 is 22.1. The van der Waals surface area contributed by atoms with Crippen LogP contribution in [0.25, 0.3) is 17.0 Å². The van der Waals surface area contributed by atoms with Crippen molar-refractivity contribution in [1.29, 1.82) is 5.26 Å². The molecule has 4 aromatic rings. The van der Waals surface area contributed by atoms with Crippen LogP contribution in [-0.4, -0.2) is 50.9 Å². The lowest BCUT2D eigenvalue weighted by atomic mass is 10.1. The normalized spacial score (nSPS) is 11.0. The van der Waals surface area contributed by atoms with E-state index in [1.165, 1.54) is 12.4 Å². The molecule has 0 unspecified atom stereocenters. The first kappa shape index (κ1) is 29.2. The Kier molecular flexibility index (Phi) is 9.60. The molecule has 0 saturated heterocycles. The molecule has 1 heterocycles. The van der Waals surface area contributed by atoms with Gasteiger partial charge in [-0.05, 0) is 54.0 Å². The number of ether oxygens (including phenoxy) is 4. The van der Waals surface area contributed by atoms with E-state index in [1.54, 1.807) is 40.6 Å². The van der Waals surface area contributed by atoms with Gasteiger partial charge in [-0.1, -0.05) is 28.1 Å². The summed E-state index contributed by atoms with van der Waals surface area (Å²) >= 11 is 3.55. The molecular weight excluding hydrogens is 590 g/mol. The van der Waals surface area contributed by atoms with Crippen molar-refractivity contribution in [3.63, 3.8) is 0 Å². The van der Waals surface area contributed by atoms with Gasteiger partial charge in [0.1, 0.15) is 23.8 Å². The van der Waals surface area contributed by atoms with Gasteiger partial charge < -0.3 is 29.6 Å². The number of halogens is 1. The predicted octanol–water partition coefficient (Wildman–Crippen LogP) is 5.44. The van der Waals surface area contributed by atoms with Gasteiger partial charge >= 0.3 is 0 Å². The van der Waals surface area contributed by atoms with Crippen LogP contribution in [0.4, 0.5) is 11.5 Å². The Morgan fingerprint density at radius 3 is 2.32 bits per heavy atom. The lowest BCUT2D eigenvalue weighted by Gasteiger charge is -2.13. The summed E-state index contributed by atoms with van der Waals surface area (Å²) in [5.74, 6) is 2.50. The fourth-order valence-corrected chi connectivity index (χ4v) is 4.59. The van der Waals surface area contributed by atoms with Crippen LogP contribution in [0.1, 0.15) is 11.1 Å². The van der Waals surface area contributed by atoms with Gasteiger partial charge in [-0.15, -0.1) is 0 Å². The molecule has 0 saturated carbocycles. The van der Waals surface area contributed by atoms with Gasteiger partial charge in [-0.3, -0.25) is 4.79 Å². The van der Waals surface area contributed by atoms with Crippen LogP contribution in [0.3, 0.4) is 0 Å². The zero-order valence-electron chi connectivity index (χ0n) is 22.9. The Bertz CT molecular complexity index is 1650. The number of carbonyl (C=O) groups is 1. The Morgan fingerprint density at radius 2 is 1.63 bits per heavy atom. The minimum Gasteiger partial charge on any atom is -0.493 e. The summed E-state index contributed by atoms with van der Waals surface area (Å²) in [4.78, 5) is 21.4. The molecule has 1 amide bonds. The maximum atomic E-state index is 12.7. The topological polar surface area (TPSA) is 128 Å². The van der Waals surface area contributed by atoms with Crippen LogP contribution in [-0.2, 0) is 11.2 Å². The summed E-state index contributed by atoms with van der Waals surface area (Å²) in [6.07, 6.45) is 3.56. The van der Waals surface area contributed by atoms with Crippen molar-refractivity contribution < 1.29 is 23.7 Å². The molecule has 0 aliphatic carbocycles. The molecule has 1 aromatic heterocycles. The standard InChI is InChI=1S/C30H28BrN5O5/c1-38-25-8-5-18(11-26(25)39-2)9-10-33-30(37)20(16-32)12-19-6-7-21(13-23(19)31)36-29-22-14-27(40-3)28(41-4)15-24(22)34-17-35-29/h5-8,11-15,17H,9-10H2,1-4H3,(H,33,37)(H,34,35,36)/b20-12+. The highest BCUT2D eigenvalue weighted by molar-refractivity contribution is 9.10. The molecule has 210 valence electrons. The van der Waals surface area contributed by atoms with Gasteiger partial charge in [0.05, 0.1) is 34.0 Å². The molecule has 0 spiro atoms. The second-order valence-electron chi connectivity index (χ2n) is 8.67. The van der Waals surface area contributed by atoms with E-state index in [1.807, 2.05) is 42.5 Å². The van der Waals surface area contributed by atoms with E-state index < -0.39 is 5.91 Å². The van der Waals surface area contributed by atoms with Crippen LogP contribution < -0.4 is 29.6 Å². The summed E-state index contributed by atoms with van der Waals surface area (Å²) in [6.45, 7) is 0.348. The van der Waals surface area contributed by atoms with Gasteiger partial charge in [0, 0.05) is 28.2 Å². The average Bonchev–Trinajstić information content (AvgIpc) is 2.99. The van der Waals surface area contributed by atoms with Gasteiger partial charge in [-0.2, -0.15) is 5.26 Å². The van der Waals surface area contributed by atoms with Gasteiger partial charge in [0.2, 0.25) is 0 Å². The van der Waals surface area contributed by atoms with Crippen molar-refractivity contribution in [3.05, 3.63) is 76.0 Å². The predicted molar refractivity (Wildman–Crippen MR) is 160 cm³/mol. The van der Waals surface area contributed by atoms with Gasteiger partial charge in [0.25, 0.3) is 5.91 Å². The van der Waals surface area contributed by atoms with E-state index in [0.29, 0.717) is 57.3 Å².